The second kappa shape index (κ2) is 7.82. The molecule has 4 nitrogen and oxygen atoms in total. The number of hydrogen-bond donors (Lipinski definition) is 1. The molecule has 0 radical (unpaired) electrons. The third-order valence-corrected chi connectivity index (χ3v) is 3.71. The molecule has 0 amide bonds. The summed E-state index contributed by atoms with van der Waals surface area (Å²) in [4.78, 5) is 12.0. The fraction of sp³-hybridized carbons (Fsp3) is 0.235. The highest BCUT2D eigenvalue weighted by molar-refractivity contribution is 6.14. The van der Waals surface area contributed by atoms with Gasteiger partial charge in [-0.1, -0.05) is 42.5 Å². The van der Waals surface area contributed by atoms with Gasteiger partial charge in [-0.15, -0.1) is 0 Å². The fourth-order valence-corrected chi connectivity index (χ4v) is 2.44. The van der Waals surface area contributed by atoms with Crippen molar-refractivity contribution >= 4 is 17.7 Å². The van der Waals surface area contributed by atoms with Crippen LogP contribution < -0.4 is 0 Å². The number of phenols is 1. The molecule has 0 bridgehead atoms. The van der Waals surface area contributed by atoms with E-state index in [2.05, 4.69) is 0 Å². The molecule has 0 heterocycles. The maximum Gasteiger partial charge on any atom is 0.324 e. The molecule has 5 heteroatoms. The van der Waals surface area contributed by atoms with Gasteiger partial charge in [0, 0.05) is 6.54 Å². The van der Waals surface area contributed by atoms with Crippen LogP contribution in [0.1, 0.15) is 11.1 Å². The monoisotopic (exact) mass is 319 g/mol. The number of carbonyl (C=O) groups excluding carboxylic acids is 1. The highest BCUT2D eigenvalue weighted by Gasteiger charge is 2.26. The fourth-order valence-electron chi connectivity index (χ4n) is 2.16. The predicted molar refractivity (Wildman–Crippen MR) is 85.5 cm³/mol. The number of nitrogens with zero attached hydrogens (tertiary/aromatic N) is 1. The Hall–Kier alpha value is -2.04. The number of benzene rings is 2. The first-order valence-electron chi connectivity index (χ1n) is 6.92. The van der Waals surface area contributed by atoms with Gasteiger partial charge in [0.2, 0.25) is 0 Å². The van der Waals surface area contributed by atoms with E-state index >= 15 is 0 Å². The Morgan fingerprint density at radius 1 is 1.14 bits per heavy atom. The van der Waals surface area contributed by atoms with Crippen LogP contribution >= 0.6 is 11.8 Å². The topological polar surface area (TPSA) is 49.8 Å². The number of methoxy groups -OCH3 is 1. The zero-order valence-electron chi connectivity index (χ0n) is 12.3. The second-order valence-corrected chi connectivity index (χ2v) is 5.39. The number of esters is 1. The van der Waals surface area contributed by atoms with Crippen molar-refractivity contribution in [3.05, 3.63) is 65.7 Å². The standard InChI is InChI=1S/C17H18ClNO3/c1-22-17(21)16(11-13-7-9-15(20)10-8-13)19(18)12-14-5-3-2-4-6-14/h2-10,16,20H,11-12H2,1H3/t16-/m0/s1. The molecule has 0 saturated heterocycles. The Morgan fingerprint density at radius 3 is 2.36 bits per heavy atom. The predicted octanol–water partition coefficient (Wildman–Crippen LogP) is 3.13. The van der Waals surface area contributed by atoms with Gasteiger partial charge in [-0.3, -0.25) is 4.79 Å². The Balaban J connectivity index is 2.11. The number of phenolic OH excluding ortho intramolecular Hbond substituents is 1. The van der Waals surface area contributed by atoms with Gasteiger partial charge in [-0.05, 0) is 41.5 Å². The molecule has 0 unspecified atom stereocenters. The quantitative estimate of drug-likeness (QED) is 0.656. The summed E-state index contributed by atoms with van der Waals surface area (Å²) in [5.74, 6) is -0.204. The first-order chi connectivity index (χ1) is 10.6. The number of hydrogen-bond acceptors (Lipinski definition) is 4. The molecule has 0 saturated carbocycles. The van der Waals surface area contributed by atoms with Gasteiger partial charge >= 0.3 is 5.97 Å². The molecule has 116 valence electrons. The van der Waals surface area contributed by atoms with Crippen LogP contribution in [0.15, 0.2) is 54.6 Å². The SMILES string of the molecule is COC(=O)[C@H](Cc1ccc(O)cc1)N(Cl)Cc1ccccc1. The maximum atomic E-state index is 12.0. The van der Waals surface area contributed by atoms with Gasteiger partial charge in [0.15, 0.2) is 0 Å². The number of rotatable bonds is 6. The average molecular weight is 320 g/mol. The van der Waals surface area contributed by atoms with Crippen molar-refractivity contribution in [3.8, 4) is 5.75 Å². The lowest BCUT2D eigenvalue weighted by molar-refractivity contribution is -0.145. The largest absolute Gasteiger partial charge is 0.508 e. The van der Waals surface area contributed by atoms with Gasteiger partial charge in [0.25, 0.3) is 0 Å². The zero-order valence-corrected chi connectivity index (χ0v) is 13.0. The normalized spacial score (nSPS) is 12.1. The van der Waals surface area contributed by atoms with Crippen LogP contribution in [0.25, 0.3) is 0 Å². The lowest BCUT2D eigenvalue weighted by Crippen LogP contribution is -2.37. The minimum Gasteiger partial charge on any atom is -0.508 e. The van der Waals surface area contributed by atoms with E-state index in [1.807, 2.05) is 30.3 Å². The van der Waals surface area contributed by atoms with Crippen molar-refractivity contribution in [2.24, 2.45) is 0 Å². The number of halogens is 1. The van der Waals surface area contributed by atoms with Crippen molar-refractivity contribution < 1.29 is 14.6 Å². The zero-order chi connectivity index (χ0) is 15.9. The summed E-state index contributed by atoms with van der Waals surface area (Å²) in [6.07, 6.45) is 0.406. The average Bonchev–Trinajstić information content (AvgIpc) is 2.54. The molecular formula is C17H18ClNO3. The lowest BCUT2D eigenvalue weighted by atomic mass is 10.1. The van der Waals surface area contributed by atoms with E-state index < -0.39 is 6.04 Å². The van der Waals surface area contributed by atoms with Crippen LogP contribution in [0.4, 0.5) is 0 Å². The van der Waals surface area contributed by atoms with Crippen LogP contribution in [-0.2, 0) is 22.5 Å². The minimum atomic E-state index is -0.601. The van der Waals surface area contributed by atoms with Crippen LogP contribution in [0.5, 0.6) is 5.75 Å². The Kier molecular flexibility index (Phi) is 5.81. The van der Waals surface area contributed by atoms with Crippen LogP contribution in [-0.4, -0.2) is 28.6 Å². The third kappa shape index (κ3) is 4.48. The van der Waals surface area contributed by atoms with E-state index in [0.29, 0.717) is 13.0 Å². The molecule has 0 aliphatic rings. The summed E-state index contributed by atoms with van der Waals surface area (Å²) < 4.78 is 6.31. The Bertz CT molecular complexity index is 601. The maximum absolute atomic E-state index is 12.0. The summed E-state index contributed by atoms with van der Waals surface area (Å²) >= 11 is 6.32. The third-order valence-electron chi connectivity index (χ3n) is 3.35. The van der Waals surface area contributed by atoms with Crippen molar-refractivity contribution in [2.45, 2.75) is 19.0 Å². The molecule has 2 rings (SSSR count). The van der Waals surface area contributed by atoms with E-state index in [-0.39, 0.29) is 11.7 Å². The highest BCUT2D eigenvalue weighted by Crippen LogP contribution is 2.18. The molecule has 0 fully saturated rings. The summed E-state index contributed by atoms with van der Waals surface area (Å²) in [6, 6.07) is 15.8. The smallest absolute Gasteiger partial charge is 0.324 e. The van der Waals surface area contributed by atoms with Crippen molar-refractivity contribution in [1.29, 1.82) is 0 Å². The van der Waals surface area contributed by atoms with E-state index in [4.69, 9.17) is 16.5 Å². The summed E-state index contributed by atoms with van der Waals surface area (Å²) in [7, 11) is 1.35. The molecule has 22 heavy (non-hydrogen) atoms. The second-order valence-electron chi connectivity index (χ2n) is 4.95. The van der Waals surface area contributed by atoms with Crippen LogP contribution in [0.3, 0.4) is 0 Å². The van der Waals surface area contributed by atoms with Crippen molar-refractivity contribution in [3.63, 3.8) is 0 Å². The first kappa shape index (κ1) is 16.3. The molecule has 0 aliphatic heterocycles. The summed E-state index contributed by atoms with van der Waals surface area (Å²) in [5.41, 5.74) is 1.91. The highest BCUT2D eigenvalue weighted by atomic mass is 35.5. The number of carbonyl (C=O) groups is 1. The van der Waals surface area contributed by atoms with E-state index in [9.17, 15) is 9.90 Å². The number of ether oxygens (including phenoxy) is 1. The molecule has 2 aromatic carbocycles. The summed E-state index contributed by atoms with van der Waals surface area (Å²) in [5, 5.41) is 9.32. The minimum absolute atomic E-state index is 0.186. The van der Waals surface area contributed by atoms with E-state index in [1.54, 1.807) is 24.3 Å². The van der Waals surface area contributed by atoms with Gasteiger partial charge < -0.3 is 9.84 Å². The molecular weight excluding hydrogens is 302 g/mol. The number of aromatic hydroxyl groups is 1. The molecule has 2 aromatic rings. The summed E-state index contributed by atoms with van der Waals surface area (Å²) in [6.45, 7) is 0.431. The molecule has 0 aliphatic carbocycles. The molecule has 0 aromatic heterocycles. The van der Waals surface area contributed by atoms with Crippen LogP contribution in [0, 0.1) is 0 Å². The van der Waals surface area contributed by atoms with Gasteiger partial charge in [0.05, 0.1) is 7.11 Å². The molecule has 0 spiro atoms. The molecule has 1 atom stereocenters. The van der Waals surface area contributed by atoms with Gasteiger partial charge in [-0.2, -0.15) is 0 Å². The van der Waals surface area contributed by atoms with E-state index in [1.165, 1.54) is 11.5 Å². The van der Waals surface area contributed by atoms with E-state index in [0.717, 1.165) is 11.1 Å². The van der Waals surface area contributed by atoms with Gasteiger partial charge in [0.1, 0.15) is 11.8 Å². The first-order valence-corrected chi connectivity index (χ1v) is 7.26. The van der Waals surface area contributed by atoms with Crippen molar-refractivity contribution in [2.75, 3.05) is 7.11 Å². The van der Waals surface area contributed by atoms with Crippen molar-refractivity contribution in [1.82, 2.24) is 4.42 Å². The Labute approximate surface area is 135 Å². The van der Waals surface area contributed by atoms with Crippen LogP contribution in [0.2, 0.25) is 0 Å². The lowest BCUT2D eigenvalue weighted by Gasteiger charge is -2.23. The van der Waals surface area contributed by atoms with Gasteiger partial charge in [-0.25, -0.2) is 4.42 Å². The Morgan fingerprint density at radius 2 is 1.77 bits per heavy atom. The molecule has 1 N–H and O–H groups in total.